The van der Waals surface area contributed by atoms with Crippen molar-refractivity contribution < 1.29 is 9.90 Å². The fourth-order valence-corrected chi connectivity index (χ4v) is 3.18. The second-order valence-corrected chi connectivity index (χ2v) is 6.57. The van der Waals surface area contributed by atoms with Crippen LogP contribution in [-0.2, 0) is 4.79 Å². The van der Waals surface area contributed by atoms with E-state index < -0.39 is 0 Å². The molecular weight excluding hydrogens is 358 g/mol. The minimum absolute atomic E-state index is 0.0404. The van der Waals surface area contributed by atoms with Crippen molar-refractivity contribution in [3.05, 3.63) is 65.3 Å². The van der Waals surface area contributed by atoms with Gasteiger partial charge in [0.05, 0.1) is 17.5 Å². The molecule has 0 radical (unpaired) electrons. The number of carbonyl (C=O) groups is 1. The molecule has 0 unspecified atom stereocenters. The highest BCUT2D eigenvalue weighted by molar-refractivity contribution is 8.00. The summed E-state index contributed by atoms with van der Waals surface area (Å²) >= 11 is 7.25. The minimum Gasteiger partial charge on any atom is -0.507 e. The molecule has 2 aromatic carbocycles. The van der Waals surface area contributed by atoms with Crippen molar-refractivity contribution in [1.29, 1.82) is 0 Å². The van der Waals surface area contributed by atoms with E-state index in [4.69, 9.17) is 11.6 Å². The van der Waals surface area contributed by atoms with Crippen molar-refractivity contribution in [2.45, 2.75) is 4.90 Å². The number of fused-ring (bicyclic) bond motifs is 1. The van der Waals surface area contributed by atoms with Gasteiger partial charge in [-0.15, -0.1) is 11.8 Å². The minimum atomic E-state index is -0.254. The standard InChI is InChI=1S/C18H14ClN3O2S/c19-14-6-7-15(23)13(9-14)10-21-22-17(24)11-25-16-5-1-3-12-4-2-8-20-18(12)16/h1-10,23H,11H2,(H,22,24)/b21-10-. The summed E-state index contributed by atoms with van der Waals surface area (Å²) in [5, 5.41) is 15.0. The Balaban J connectivity index is 1.59. The molecule has 1 heterocycles. The zero-order valence-corrected chi connectivity index (χ0v) is 14.6. The van der Waals surface area contributed by atoms with E-state index in [1.807, 2.05) is 30.3 Å². The molecule has 7 heteroatoms. The van der Waals surface area contributed by atoms with Gasteiger partial charge in [0.1, 0.15) is 5.75 Å². The Morgan fingerprint density at radius 1 is 1.28 bits per heavy atom. The average molecular weight is 372 g/mol. The number of hydrogen-bond acceptors (Lipinski definition) is 5. The number of phenolic OH excluding ortho intramolecular Hbond substituents is 1. The summed E-state index contributed by atoms with van der Waals surface area (Å²) in [5.74, 6) is -0.0107. The van der Waals surface area contributed by atoms with E-state index >= 15 is 0 Å². The third kappa shape index (κ3) is 4.49. The second-order valence-electron chi connectivity index (χ2n) is 5.12. The Morgan fingerprint density at radius 3 is 3.00 bits per heavy atom. The second kappa shape index (κ2) is 8.00. The summed E-state index contributed by atoms with van der Waals surface area (Å²) in [6, 6.07) is 14.3. The van der Waals surface area contributed by atoms with Gasteiger partial charge >= 0.3 is 0 Å². The lowest BCUT2D eigenvalue weighted by Gasteiger charge is -2.04. The first-order valence-electron chi connectivity index (χ1n) is 7.40. The summed E-state index contributed by atoms with van der Waals surface area (Å²) in [7, 11) is 0. The Hall–Kier alpha value is -2.57. The molecule has 0 atom stereocenters. The number of aromatic nitrogens is 1. The molecule has 5 nitrogen and oxygen atoms in total. The van der Waals surface area contributed by atoms with Crippen molar-refractivity contribution in [2.24, 2.45) is 5.10 Å². The van der Waals surface area contributed by atoms with Gasteiger partial charge in [-0.25, -0.2) is 5.43 Å². The Labute approximate surface area is 153 Å². The average Bonchev–Trinajstić information content (AvgIpc) is 2.63. The van der Waals surface area contributed by atoms with Crippen LogP contribution in [0.5, 0.6) is 5.75 Å². The van der Waals surface area contributed by atoms with Crippen molar-refractivity contribution in [3.63, 3.8) is 0 Å². The molecule has 1 aromatic heterocycles. The first kappa shape index (κ1) is 17.3. The van der Waals surface area contributed by atoms with Crippen LogP contribution >= 0.6 is 23.4 Å². The molecule has 0 saturated heterocycles. The maximum atomic E-state index is 11.9. The maximum Gasteiger partial charge on any atom is 0.250 e. The van der Waals surface area contributed by atoms with E-state index in [9.17, 15) is 9.90 Å². The van der Waals surface area contributed by atoms with Crippen LogP contribution in [0.2, 0.25) is 5.02 Å². The van der Waals surface area contributed by atoms with Crippen LogP contribution < -0.4 is 5.43 Å². The number of halogens is 1. The number of amides is 1. The molecule has 0 aliphatic heterocycles. The lowest BCUT2D eigenvalue weighted by Crippen LogP contribution is -2.19. The van der Waals surface area contributed by atoms with Gasteiger partial charge in [-0.3, -0.25) is 9.78 Å². The van der Waals surface area contributed by atoms with Gasteiger partial charge in [0, 0.05) is 27.1 Å². The highest BCUT2D eigenvalue weighted by Gasteiger charge is 2.06. The Morgan fingerprint density at radius 2 is 2.12 bits per heavy atom. The number of rotatable bonds is 5. The van der Waals surface area contributed by atoms with Crippen molar-refractivity contribution in [3.8, 4) is 5.75 Å². The number of benzene rings is 2. The fraction of sp³-hybridized carbons (Fsp3) is 0.0556. The number of thioether (sulfide) groups is 1. The number of pyridine rings is 1. The predicted molar refractivity (Wildman–Crippen MR) is 101 cm³/mol. The van der Waals surface area contributed by atoms with Crippen LogP contribution in [0, 0.1) is 0 Å². The number of nitrogens with one attached hydrogen (secondary N) is 1. The molecule has 0 aliphatic carbocycles. The monoisotopic (exact) mass is 371 g/mol. The normalized spacial score (nSPS) is 11.1. The van der Waals surface area contributed by atoms with Crippen LogP contribution in [0.25, 0.3) is 10.9 Å². The summed E-state index contributed by atoms with van der Waals surface area (Å²) < 4.78 is 0. The summed E-state index contributed by atoms with van der Waals surface area (Å²) in [6.07, 6.45) is 3.08. The fourth-order valence-electron chi connectivity index (χ4n) is 2.17. The van der Waals surface area contributed by atoms with Crippen LogP contribution in [0.4, 0.5) is 0 Å². The van der Waals surface area contributed by atoms with Gasteiger partial charge in [-0.2, -0.15) is 5.10 Å². The molecule has 2 N–H and O–H groups in total. The van der Waals surface area contributed by atoms with Gasteiger partial charge in [-0.1, -0.05) is 29.8 Å². The molecule has 3 rings (SSSR count). The Kier molecular flexibility index (Phi) is 5.53. The SMILES string of the molecule is O=C(CSc1cccc2cccnc12)N/N=C\c1cc(Cl)ccc1O. The quantitative estimate of drug-likeness (QED) is 0.406. The highest BCUT2D eigenvalue weighted by atomic mass is 35.5. The molecule has 0 aliphatic rings. The molecule has 25 heavy (non-hydrogen) atoms. The highest BCUT2D eigenvalue weighted by Crippen LogP contribution is 2.25. The summed E-state index contributed by atoms with van der Waals surface area (Å²) in [6.45, 7) is 0. The third-order valence-corrected chi connectivity index (χ3v) is 4.62. The first-order chi connectivity index (χ1) is 12.1. The summed E-state index contributed by atoms with van der Waals surface area (Å²) in [4.78, 5) is 17.2. The van der Waals surface area contributed by atoms with E-state index in [2.05, 4.69) is 15.5 Å². The molecule has 126 valence electrons. The van der Waals surface area contributed by atoms with Crippen molar-refractivity contribution >= 4 is 46.4 Å². The zero-order valence-electron chi connectivity index (χ0n) is 13.0. The number of aromatic hydroxyl groups is 1. The Bertz CT molecular complexity index is 941. The molecular formula is C18H14ClN3O2S. The molecule has 0 bridgehead atoms. The topological polar surface area (TPSA) is 74.6 Å². The van der Waals surface area contributed by atoms with E-state index in [1.165, 1.54) is 24.0 Å². The first-order valence-corrected chi connectivity index (χ1v) is 8.77. The lowest BCUT2D eigenvalue weighted by molar-refractivity contribution is -0.118. The largest absolute Gasteiger partial charge is 0.507 e. The van der Waals surface area contributed by atoms with Gasteiger partial charge in [0.25, 0.3) is 0 Å². The van der Waals surface area contributed by atoms with Crippen molar-refractivity contribution in [1.82, 2.24) is 10.4 Å². The van der Waals surface area contributed by atoms with Gasteiger partial charge in [0.2, 0.25) is 5.91 Å². The van der Waals surface area contributed by atoms with Crippen molar-refractivity contribution in [2.75, 3.05) is 5.75 Å². The predicted octanol–water partition coefficient (Wildman–Crippen LogP) is 3.84. The van der Waals surface area contributed by atoms with E-state index in [1.54, 1.807) is 18.3 Å². The van der Waals surface area contributed by atoms with Gasteiger partial charge < -0.3 is 5.11 Å². The number of hydrogen-bond donors (Lipinski definition) is 2. The van der Waals surface area contributed by atoms with E-state index in [0.29, 0.717) is 10.6 Å². The van der Waals surface area contributed by atoms with E-state index in [0.717, 1.165) is 15.8 Å². The number of para-hydroxylation sites is 1. The molecule has 0 spiro atoms. The van der Waals surface area contributed by atoms with Crippen LogP contribution in [-0.4, -0.2) is 28.0 Å². The maximum absolute atomic E-state index is 11.9. The number of hydrazone groups is 1. The van der Waals surface area contributed by atoms with Gasteiger partial charge in [0.15, 0.2) is 0 Å². The molecule has 1 amide bonds. The third-order valence-electron chi connectivity index (χ3n) is 3.34. The molecule has 0 fully saturated rings. The van der Waals surface area contributed by atoms with Crippen LogP contribution in [0.1, 0.15) is 5.56 Å². The molecule has 3 aromatic rings. The van der Waals surface area contributed by atoms with Crippen LogP contribution in [0.15, 0.2) is 64.7 Å². The van der Waals surface area contributed by atoms with E-state index in [-0.39, 0.29) is 17.4 Å². The number of nitrogens with zero attached hydrogens (tertiary/aromatic N) is 2. The number of phenols is 1. The van der Waals surface area contributed by atoms with Crippen LogP contribution in [0.3, 0.4) is 0 Å². The lowest BCUT2D eigenvalue weighted by atomic mass is 10.2. The molecule has 0 saturated carbocycles. The smallest absolute Gasteiger partial charge is 0.250 e. The van der Waals surface area contributed by atoms with Gasteiger partial charge in [-0.05, 0) is 30.3 Å². The summed E-state index contributed by atoms with van der Waals surface area (Å²) in [5.41, 5.74) is 3.73. The number of carbonyl (C=O) groups excluding carboxylic acids is 1. The zero-order chi connectivity index (χ0) is 17.6.